The second-order valence-corrected chi connectivity index (χ2v) is 8.46. The van der Waals surface area contributed by atoms with Crippen LogP contribution in [0.15, 0.2) is 34.0 Å². The molecule has 1 aliphatic rings. The Morgan fingerprint density at radius 2 is 1.82 bits per heavy atom. The van der Waals surface area contributed by atoms with E-state index >= 15 is 0 Å². The Balaban J connectivity index is 1.89. The first kappa shape index (κ1) is 20.7. The molecule has 152 valence electrons. The van der Waals surface area contributed by atoms with Crippen LogP contribution in [-0.4, -0.2) is 42.4 Å². The molecule has 0 unspecified atom stereocenters. The lowest BCUT2D eigenvalue weighted by molar-refractivity contribution is -0.145. The fourth-order valence-electron chi connectivity index (χ4n) is 3.10. The fourth-order valence-corrected chi connectivity index (χ4v) is 4.51. The van der Waals surface area contributed by atoms with Gasteiger partial charge in [-0.25, -0.2) is 13.4 Å². The number of H-pyrrole nitrogens is 1. The minimum absolute atomic E-state index is 0.0118. The highest BCUT2D eigenvalue weighted by Crippen LogP contribution is 2.24. The first-order chi connectivity index (χ1) is 13.4. The number of benzene rings is 1. The van der Waals surface area contributed by atoms with Crippen molar-refractivity contribution in [2.24, 2.45) is 0 Å². The number of rotatable bonds is 7. The summed E-state index contributed by atoms with van der Waals surface area (Å²) in [6, 6.07) is 6.68. The molecule has 0 atom stereocenters. The van der Waals surface area contributed by atoms with E-state index in [1.54, 1.807) is 24.3 Å². The predicted molar refractivity (Wildman–Crippen MR) is 103 cm³/mol. The number of hydrogen-bond donors (Lipinski definition) is 1. The van der Waals surface area contributed by atoms with Crippen LogP contribution in [0.3, 0.4) is 0 Å². The summed E-state index contributed by atoms with van der Waals surface area (Å²) in [5, 5.41) is 0. The maximum absolute atomic E-state index is 12.9. The van der Waals surface area contributed by atoms with Crippen LogP contribution in [0.25, 0.3) is 0 Å². The van der Waals surface area contributed by atoms with Crippen molar-refractivity contribution in [1.29, 1.82) is 0 Å². The first-order valence-corrected chi connectivity index (χ1v) is 10.7. The molecule has 0 spiro atoms. The fraction of sp³-hybridized carbons (Fsp3) is 0.474. The number of aromatic nitrogens is 2. The van der Waals surface area contributed by atoms with Crippen LogP contribution in [0.2, 0.25) is 0 Å². The van der Waals surface area contributed by atoms with Gasteiger partial charge in [0.25, 0.3) is 5.56 Å². The van der Waals surface area contributed by atoms with Crippen molar-refractivity contribution in [3.63, 3.8) is 0 Å². The summed E-state index contributed by atoms with van der Waals surface area (Å²) >= 11 is 0. The number of nitrogens with one attached hydrogen (secondary N) is 1. The van der Waals surface area contributed by atoms with Crippen LogP contribution in [-0.2, 0) is 32.5 Å². The molecule has 0 saturated heterocycles. The Labute approximate surface area is 164 Å². The van der Waals surface area contributed by atoms with E-state index in [-0.39, 0.29) is 23.5 Å². The van der Waals surface area contributed by atoms with Crippen LogP contribution in [0.5, 0.6) is 0 Å². The molecule has 1 aromatic carbocycles. The van der Waals surface area contributed by atoms with E-state index in [0.717, 1.165) is 5.56 Å². The van der Waals surface area contributed by atoms with Gasteiger partial charge >= 0.3 is 0 Å². The van der Waals surface area contributed by atoms with Gasteiger partial charge in [0, 0.05) is 32.7 Å². The van der Waals surface area contributed by atoms with E-state index in [1.807, 2.05) is 20.8 Å². The molecule has 1 aromatic heterocycles. The molecule has 8 nitrogen and oxygen atoms in total. The number of sulfonamides is 1. The third-order valence-corrected chi connectivity index (χ3v) is 6.43. The van der Waals surface area contributed by atoms with E-state index in [4.69, 9.17) is 9.47 Å². The molecule has 3 rings (SSSR count). The van der Waals surface area contributed by atoms with Gasteiger partial charge in [-0.3, -0.25) is 4.79 Å². The third kappa shape index (κ3) is 4.17. The maximum Gasteiger partial charge on any atom is 0.255 e. The zero-order chi connectivity index (χ0) is 20.3. The zero-order valence-electron chi connectivity index (χ0n) is 16.3. The quantitative estimate of drug-likeness (QED) is 0.704. The van der Waals surface area contributed by atoms with E-state index in [1.165, 1.54) is 4.31 Å². The topological polar surface area (TPSA) is 102 Å². The Morgan fingerprint density at radius 1 is 1.18 bits per heavy atom. The lowest BCUT2D eigenvalue weighted by Gasteiger charge is -2.27. The van der Waals surface area contributed by atoms with Gasteiger partial charge in [0.05, 0.1) is 16.2 Å². The summed E-state index contributed by atoms with van der Waals surface area (Å²) in [5.41, 5.74) is 1.55. The Morgan fingerprint density at radius 3 is 2.43 bits per heavy atom. The van der Waals surface area contributed by atoms with Crippen molar-refractivity contribution < 1.29 is 17.9 Å². The summed E-state index contributed by atoms with van der Waals surface area (Å²) in [6.07, 6.45) is -0.398. The molecule has 0 amide bonds. The molecular weight excluding hydrogens is 382 g/mol. The van der Waals surface area contributed by atoms with E-state index < -0.39 is 16.3 Å². The van der Waals surface area contributed by atoms with E-state index in [9.17, 15) is 13.2 Å². The number of aromatic amines is 1. The van der Waals surface area contributed by atoms with Gasteiger partial charge < -0.3 is 14.5 Å². The number of aryl methyl sites for hydroxylation is 1. The lowest BCUT2D eigenvalue weighted by Crippen LogP contribution is -2.40. The average molecular weight is 407 g/mol. The van der Waals surface area contributed by atoms with Gasteiger partial charge in [-0.1, -0.05) is 17.7 Å². The molecule has 1 N–H and O–H groups in total. The van der Waals surface area contributed by atoms with Crippen molar-refractivity contribution in [3.05, 3.63) is 57.3 Å². The van der Waals surface area contributed by atoms with Crippen molar-refractivity contribution in [3.8, 4) is 0 Å². The number of fused-ring (bicyclic) bond motifs is 1. The van der Waals surface area contributed by atoms with E-state index in [2.05, 4.69) is 9.97 Å². The van der Waals surface area contributed by atoms with Gasteiger partial charge in [-0.2, -0.15) is 4.31 Å². The van der Waals surface area contributed by atoms with Gasteiger partial charge in [0.1, 0.15) is 0 Å². The lowest BCUT2D eigenvalue weighted by atomic mass is 10.1. The second kappa shape index (κ2) is 8.52. The summed E-state index contributed by atoms with van der Waals surface area (Å²) < 4.78 is 38.1. The molecule has 2 aromatic rings. The minimum Gasteiger partial charge on any atom is -0.346 e. The molecule has 28 heavy (non-hydrogen) atoms. The molecule has 9 heteroatoms. The Hall–Kier alpha value is -2.07. The molecule has 1 aliphatic heterocycles. The standard InChI is InChI=1S/C19H25N3O5S/c1-4-26-19(27-5-2)17-20-16-10-11-22(12-15(16)18(23)21-17)28(24,25)14-8-6-13(3)7-9-14/h6-9,19H,4-5,10-12H2,1-3H3,(H,20,21,23). The summed E-state index contributed by atoms with van der Waals surface area (Å²) in [5.74, 6) is 0.308. The maximum atomic E-state index is 12.9. The summed E-state index contributed by atoms with van der Waals surface area (Å²) in [7, 11) is -3.68. The van der Waals surface area contributed by atoms with Crippen molar-refractivity contribution in [2.75, 3.05) is 19.8 Å². The minimum atomic E-state index is -3.68. The van der Waals surface area contributed by atoms with Gasteiger partial charge in [-0.15, -0.1) is 0 Å². The highest BCUT2D eigenvalue weighted by molar-refractivity contribution is 7.89. The van der Waals surface area contributed by atoms with Crippen LogP contribution >= 0.6 is 0 Å². The first-order valence-electron chi connectivity index (χ1n) is 9.28. The number of ether oxygens (including phenoxy) is 2. The zero-order valence-corrected chi connectivity index (χ0v) is 17.1. The van der Waals surface area contributed by atoms with Crippen molar-refractivity contribution in [2.45, 2.75) is 44.9 Å². The van der Waals surface area contributed by atoms with Crippen LogP contribution in [0, 0.1) is 6.92 Å². The SMILES string of the molecule is CCOC(OCC)c1nc2c(c(=O)[nH]1)CN(S(=O)(=O)c1ccc(C)cc1)CC2. The smallest absolute Gasteiger partial charge is 0.255 e. The van der Waals surface area contributed by atoms with Crippen LogP contribution < -0.4 is 5.56 Å². The Kier molecular flexibility index (Phi) is 6.29. The predicted octanol–water partition coefficient (Wildman–Crippen LogP) is 1.90. The van der Waals surface area contributed by atoms with Crippen LogP contribution in [0.1, 0.15) is 42.8 Å². The van der Waals surface area contributed by atoms with Gasteiger partial charge in [-0.05, 0) is 32.9 Å². The highest BCUT2D eigenvalue weighted by Gasteiger charge is 2.31. The normalized spacial score (nSPS) is 15.0. The van der Waals surface area contributed by atoms with Gasteiger partial charge in [0.15, 0.2) is 5.82 Å². The molecule has 2 heterocycles. The second-order valence-electron chi connectivity index (χ2n) is 6.52. The Bertz CT molecular complexity index is 980. The molecule has 0 saturated carbocycles. The molecule has 0 bridgehead atoms. The number of nitrogens with zero attached hydrogens (tertiary/aromatic N) is 2. The highest BCUT2D eigenvalue weighted by atomic mass is 32.2. The largest absolute Gasteiger partial charge is 0.346 e. The molecule has 0 fully saturated rings. The van der Waals surface area contributed by atoms with Gasteiger partial charge in [0.2, 0.25) is 16.3 Å². The molecule has 0 radical (unpaired) electrons. The molecule has 0 aliphatic carbocycles. The monoisotopic (exact) mass is 407 g/mol. The summed E-state index contributed by atoms with van der Waals surface area (Å²) in [6.45, 7) is 6.62. The molecular formula is C19H25N3O5S. The third-order valence-electron chi connectivity index (χ3n) is 4.57. The van der Waals surface area contributed by atoms with Crippen molar-refractivity contribution in [1.82, 2.24) is 14.3 Å². The van der Waals surface area contributed by atoms with Crippen molar-refractivity contribution >= 4 is 10.0 Å². The average Bonchev–Trinajstić information content (AvgIpc) is 2.68. The van der Waals surface area contributed by atoms with Crippen LogP contribution in [0.4, 0.5) is 0 Å². The number of hydrogen-bond acceptors (Lipinski definition) is 6. The summed E-state index contributed by atoms with van der Waals surface area (Å²) in [4.78, 5) is 20.0. The van der Waals surface area contributed by atoms with E-state index in [0.29, 0.717) is 36.7 Å².